The van der Waals surface area contributed by atoms with Gasteiger partial charge in [0.05, 0.1) is 4.90 Å². The molecule has 166 valence electrons. The average Bonchev–Trinajstić information content (AvgIpc) is 2.76. The van der Waals surface area contributed by atoms with E-state index in [1.807, 2.05) is 0 Å². The Morgan fingerprint density at radius 3 is 2.50 bits per heavy atom. The van der Waals surface area contributed by atoms with Gasteiger partial charge in [-0.25, -0.2) is 8.42 Å². The van der Waals surface area contributed by atoms with E-state index < -0.39 is 10.0 Å². The first kappa shape index (κ1) is 23.8. The zero-order valence-electron chi connectivity index (χ0n) is 17.2. The smallest absolute Gasteiger partial charge is 0.243 e. The highest BCUT2D eigenvalue weighted by Gasteiger charge is 2.26. The van der Waals surface area contributed by atoms with Crippen molar-refractivity contribution in [2.24, 2.45) is 5.92 Å². The third kappa shape index (κ3) is 7.42. The van der Waals surface area contributed by atoms with Crippen LogP contribution in [0.25, 0.3) is 0 Å². The van der Waals surface area contributed by atoms with Gasteiger partial charge in [-0.15, -0.1) is 0 Å². The lowest BCUT2D eigenvalue weighted by Crippen LogP contribution is -2.38. The van der Waals surface area contributed by atoms with Gasteiger partial charge in [0.1, 0.15) is 0 Å². The van der Waals surface area contributed by atoms with Crippen molar-refractivity contribution in [1.82, 2.24) is 20.3 Å². The van der Waals surface area contributed by atoms with Crippen molar-refractivity contribution >= 4 is 27.7 Å². The van der Waals surface area contributed by atoms with E-state index in [9.17, 15) is 22.8 Å². The minimum Gasteiger partial charge on any atom is -0.356 e. The Morgan fingerprint density at radius 2 is 1.80 bits per heavy atom. The Bertz CT molecular complexity index is 829. The van der Waals surface area contributed by atoms with E-state index in [1.165, 1.54) is 23.4 Å². The highest BCUT2D eigenvalue weighted by atomic mass is 32.2. The summed E-state index contributed by atoms with van der Waals surface area (Å²) in [5.74, 6) is -0.912. The highest BCUT2D eigenvalue weighted by molar-refractivity contribution is 7.89. The fourth-order valence-corrected chi connectivity index (χ4v) is 4.78. The molecule has 10 heteroatoms. The molecule has 1 aliphatic rings. The third-order valence-electron chi connectivity index (χ3n) is 4.91. The summed E-state index contributed by atoms with van der Waals surface area (Å²) < 4.78 is 27.3. The number of hydrogen-bond acceptors (Lipinski definition) is 5. The molecule has 1 saturated heterocycles. The molecular formula is C20H30N4O5S. The molecule has 3 amide bonds. The van der Waals surface area contributed by atoms with E-state index in [2.05, 4.69) is 16.0 Å². The Kier molecular flexibility index (Phi) is 9.25. The van der Waals surface area contributed by atoms with Gasteiger partial charge in [0.15, 0.2) is 0 Å². The number of carbonyl (C=O) groups excluding carboxylic acids is 3. The van der Waals surface area contributed by atoms with E-state index in [0.29, 0.717) is 38.9 Å². The molecule has 1 unspecified atom stereocenters. The van der Waals surface area contributed by atoms with Crippen LogP contribution in [0.15, 0.2) is 35.2 Å². The number of carbonyl (C=O) groups is 3. The van der Waals surface area contributed by atoms with Crippen LogP contribution in [0.3, 0.4) is 0 Å². The maximum absolute atomic E-state index is 13.0. The summed E-state index contributed by atoms with van der Waals surface area (Å²) in [4.78, 5) is 35.7. The number of benzene rings is 1. The fourth-order valence-electron chi connectivity index (χ4n) is 3.28. The number of amides is 3. The van der Waals surface area contributed by atoms with Gasteiger partial charge in [-0.05, 0) is 31.4 Å². The third-order valence-corrected chi connectivity index (χ3v) is 6.83. The normalized spacial score (nSPS) is 19.2. The van der Waals surface area contributed by atoms with Gasteiger partial charge in [0.2, 0.25) is 27.7 Å². The van der Waals surface area contributed by atoms with Crippen molar-refractivity contribution in [3.63, 3.8) is 0 Å². The van der Waals surface area contributed by atoms with Crippen LogP contribution in [0, 0.1) is 5.92 Å². The molecule has 0 aromatic heterocycles. The van der Waals surface area contributed by atoms with Crippen LogP contribution in [-0.2, 0) is 24.4 Å². The Labute approximate surface area is 177 Å². The van der Waals surface area contributed by atoms with E-state index in [0.717, 1.165) is 0 Å². The molecule has 3 N–H and O–H groups in total. The molecule has 1 aliphatic heterocycles. The monoisotopic (exact) mass is 438 g/mol. The first-order valence-corrected chi connectivity index (χ1v) is 11.6. The van der Waals surface area contributed by atoms with Gasteiger partial charge in [0.25, 0.3) is 0 Å². The molecule has 0 aliphatic carbocycles. The lowest BCUT2D eigenvalue weighted by molar-refractivity contribution is -0.126. The van der Waals surface area contributed by atoms with Gasteiger partial charge in [-0.3, -0.25) is 14.4 Å². The van der Waals surface area contributed by atoms with Crippen molar-refractivity contribution in [3.05, 3.63) is 30.3 Å². The topological polar surface area (TPSA) is 125 Å². The summed E-state index contributed by atoms with van der Waals surface area (Å²) in [5, 5.41) is 8.16. The summed E-state index contributed by atoms with van der Waals surface area (Å²) in [7, 11) is -3.72. The van der Waals surface area contributed by atoms with Gasteiger partial charge in [0, 0.05) is 52.0 Å². The molecule has 1 heterocycles. The zero-order valence-corrected chi connectivity index (χ0v) is 18.0. The van der Waals surface area contributed by atoms with Crippen molar-refractivity contribution in [2.75, 3.05) is 32.7 Å². The van der Waals surface area contributed by atoms with Gasteiger partial charge in [-0.1, -0.05) is 18.2 Å². The standard InChI is InChI=1S/C20H30N4O5S/c1-16(25)21-12-13-23-20(27)17-6-5-14-24(15-10-19(26)22-11-9-17)30(28,29)18-7-3-2-4-8-18/h2-4,7-8,17H,5-6,9-15H2,1H3,(H,21,25)(H,22,26)(H,23,27). The van der Waals surface area contributed by atoms with Gasteiger partial charge < -0.3 is 16.0 Å². The number of nitrogens with one attached hydrogen (secondary N) is 3. The van der Waals surface area contributed by atoms with Crippen molar-refractivity contribution in [3.8, 4) is 0 Å². The lowest BCUT2D eigenvalue weighted by atomic mass is 9.98. The van der Waals surface area contributed by atoms with E-state index in [-0.39, 0.29) is 48.0 Å². The predicted octanol–water partition coefficient (Wildman–Crippen LogP) is 0.236. The summed E-state index contributed by atoms with van der Waals surface area (Å²) in [5.41, 5.74) is 0. The molecule has 0 spiro atoms. The van der Waals surface area contributed by atoms with Crippen LogP contribution in [0.4, 0.5) is 0 Å². The van der Waals surface area contributed by atoms with Crippen molar-refractivity contribution in [1.29, 1.82) is 0 Å². The number of nitrogens with zero attached hydrogens (tertiary/aromatic N) is 1. The molecule has 0 saturated carbocycles. The quantitative estimate of drug-likeness (QED) is 0.549. The highest BCUT2D eigenvalue weighted by Crippen LogP contribution is 2.19. The fraction of sp³-hybridized carbons (Fsp3) is 0.550. The first-order valence-electron chi connectivity index (χ1n) is 10.1. The van der Waals surface area contributed by atoms with Gasteiger partial charge >= 0.3 is 0 Å². The molecule has 1 aromatic rings. The minimum atomic E-state index is -3.72. The molecule has 0 radical (unpaired) electrons. The molecule has 1 aromatic carbocycles. The molecule has 30 heavy (non-hydrogen) atoms. The summed E-state index contributed by atoms with van der Waals surface area (Å²) in [6, 6.07) is 8.13. The van der Waals surface area contributed by atoms with E-state index in [4.69, 9.17) is 0 Å². The predicted molar refractivity (Wildman–Crippen MR) is 112 cm³/mol. The number of sulfonamides is 1. The molecule has 1 atom stereocenters. The molecular weight excluding hydrogens is 408 g/mol. The van der Waals surface area contributed by atoms with Crippen molar-refractivity contribution < 1.29 is 22.8 Å². The summed E-state index contributed by atoms with van der Waals surface area (Å²) >= 11 is 0. The Hall–Kier alpha value is -2.46. The van der Waals surface area contributed by atoms with Crippen LogP contribution in [0.5, 0.6) is 0 Å². The molecule has 1 fully saturated rings. The maximum Gasteiger partial charge on any atom is 0.243 e. The second-order valence-corrected chi connectivity index (χ2v) is 9.16. The largest absolute Gasteiger partial charge is 0.356 e. The van der Waals surface area contributed by atoms with Crippen LogP contribution < -0.4 is 16.0 Å². The Morgan fingerprint density at radius 1 is 1.10 bits per heavy atom. The molecule has 2 rings (SSSR count). The molecule has 0 bridgehead atoms. The van der Waals surface area contributed by atoms with Crippen LogP contribution in [0.2, 0.25) is 0 Å². The van der Waals surface area contributed by atoms with Crippen molar-refractivity contribution in [2.45, 2.75) is 37.5 Å². The maximum atomic E-state index is 13.0. The second-order valence-electron chi connectivity index (χ2n) is 7.22. The van der Waals surface area contributed by atoms with Gasteiger partial charge in [-0.2, -0.15) is 4.31 Å². The minimum absolute atomic E-state index is 0.0691. The zero-order chi connectivity index (χ0) is 22.0. The SMILES string of the molecule is CC(=O)NCCNC(=O)C1CCCN(S(=O)(=O)c2ccccc2)CCC(=O)NCC1. The average molecular weight is 439 g/mol. The Balaban J connectivity index is 2.03. The summed E-state index contributed by atoms with van der Waals surface area (Å²) in [6.45, 7) is 2.75. The van der Waals surface area contributed by atoms with Crippen LogP contribution in [-0.4, -0.2) is 63.2 Å². The van der Waals surface area contributed by atoms with E-state index >= 15 is 0 Å². The van der Waals surface area contributed by atoms with E-state index in [1.54, 1.807) is 18.2 Å². The first-order chi connectivity index (χ1) is 14.3. The number of rotatable bonds is 6. The number of hydrogen-bond donors (Lipinski definition) is 3. The van der Waals surface area contributed by atoms with Crippen LogP contribution in [0.1, 0.15) is 32.6 Å². The van der Waals surface area contributed by atoms with Crippen LogP contribution >= 0.6 is 0 Å². The second kappa shape index (κ2) is 11.7. The molecule has 9 nitrogen and oxygen atoms in total. The lowest BCUT2D eigenvalue weighted by Gasteiger charge is -2.22. The summed E-state index contributed by atoms with van der Waals surface area (Å²) in [6.07, 6.45) is 1.55.